The van der Waals surface area contributed by atoms with Gasteiger partial charge < -0.3 is 5.32 Å². The van der Waals surface area contributed by atoms with Gasteiger partial charge in [0.25, 0.3) is 0 Å². The number of aromatic nitrogens is 1. The fourth-order valence-corrected chi connectivity index (χ4v) is 2.49. The zero-order chi connectivity index (χ0) is 13.4. The lowest BCUT2D eigenvalue weighted by Gasteiger charge is -2.23. The number of nitrogens with one attached hydrogen (secondary N) is 1. The van der Waals surface area contributed by atoms with Crippen LogP contribution in [0.25, 0.3) is 0 Å². The molecule has 1 N–H and O–H groups in total. The summed E-state index contributed by atoms with van der Waals surface area (Å²) >= 11 is 0. The molecule has 2 heteroatoms. The second kappa shape index (κ2) is 8.25. The van der Waals surface area contributed by atoms with Crippen LogP contribution in [0.5, 0.6) is 0 Å². The minimum Gasteiger partial charge on any atom is -0.310 e. The third-order valence-electron chi connectivity index (χ3n) is 3.52. The van der Waals surface area contributed by atoms with Crippen molar-refractivity contribution in [2.24, 2.45) is 5.92 Å². The molecule has 0 saturated carbocycles. The van der Waals surface area contributed by atoms with Crippen molar-refractivity contribution in [1.82, 2.24) is 10.3 Å². The SMILES string of the molecule is CCCNC(CC(C)CCC)c1cnccc1C. The van der Waals surface area contributed by atoms with Gasteiger partial charge in [-0.15, -0.1) is 0 Å². The monoisotopic (exact) mass is 248 g/mol. The summed E-state index contributed by atoms with van der Waals surface area (Å²) < 4.78 is 0. The third kappa shape index (κ3) is 4.77. The van der Waals surface area contributed by atoms with E-state index < -0.39 is 0 Å². The molecule has 2 unspecified atom stereocenters. The van der Waals surface area contributed by atoms with Gasteiger partial charge in [0.2, 0.25) is 0 Å². The average molecular weight is 248 g/mol. The molecule has 0 radical (unpaired) electrons. The molecule has 0 amide bonds. The highest BCUT2D eigenvalue weighted by atomic mass is 14.9. The van der Waals surface area contributed by atoms with E-state index in [0.29, 0.717) is 6.04 Å². The van der Waals surface area contributed by atoms with Crippen LogP contribution in [-0.2, 0) is 0 Å². The molecule has 0 spiro atoms. The lowest BCUT2D eigenvalue weighted by atomic mass is 9.92. The van der Waals surface area contributed by atoms with Crippen molar-refractivity contribution < 1.29 is 0 Å². The molecule has 1 aromatic heterocycles. The first-order valence-corrected chi connectivity index (χ1v) is 7.32. The Hall–Kier alpha value is -0.890. The van der Waals surface area contributed by atoms with Crippen molar-refractivity contribution >= 4 is 0 Å². The van der Waals surface area contributed by atoms with Crippen LogP contribution in [0.2, 0.25) is 0 Å². The molecule has 18 heavy (non-hydrogen) atoms. The first kappa shape index (κ1) is 15.2. The average Bonchev–Trinajstić information content (AvgIpc) is 2.35. The Balaban J connectivity index is 2.74. The lowest BCUT2D eigenvalue weighted by molar-refractivity contribution is 0.389. The zero-order valence-electron chi connectivity index (χ0n) is 12.4. The predicted octanol–water partition coefficient (Wildman–Crippen LogP) is 4.26. The van der Waals surface area contributed by atoms with Gasteiger partial charge in [0, 0.05) is 18.4 Å². The van der Waals surface area contributed by atoms with Crippen molar-refractivity contribution in [2.75, 3.05) is 6.54 Å². The van der Waals surface area contributed by atoms with E-state index in [2.05, 4.69) is 44.1 Å². The van der Waals surface area contributed by atoms with Crippen LogP contribution in [0.4, 0.5) is 0 Å². The van der Waals surface area contributed by atoms with Crippen molar-refractivity contribution in [1.29, 1.82) is 0 Å². The summed E-state index contributed by atoms with van der Waals surface area (Å²) in [5.74, 6) is 0.768. The maximum Gasteiger partial charge on any atom is 0.0340 e. The van der Waals surface area contributed by atoms with Crippen LogP contribution in [-0.4, -0.2) is 11.5 Å². The normalized spacial score (nSPS) is 14.4. The molecule has 0 aromatic carbocycles. The largest absolute Gasteiger partial charge is 0.310 e. The van der Waals surface area contributed by atoms with Gasteiger partial charge in [-0.2, -0.15) is 0 Å². The molecule has 1 aromatic rings. The number of pyridine rings is 1. The number of aryl methyl sites for hydroxylation is 1. The maximum absolute atomic E-state index is 4.29. The quantitative estimate of drug-likeness (QED) is 0.743. The molecule has 0 bridgehead atoms. The molecule has 0 aliphatic heterocycles. The molecule has 102 valence electrons. The Labute approximate surface area is 112 Å². The minimum absolute atomic E-state index is 0.459. The van der Waals surface area contributed by atoms with Gasteiger partial charge in [0.05, 0.1) is 0 Å². The van der Waals surface area contributed by atoms with E-state index in [9.17, 15) is 0 Å². The molecular formula is C16H28N2. The van der Waals surface area contributed by atoms with Gasteiger partial charge >= 0.3 is 0 Å². The fourth-order valence-electron chi connectivity index (χ4n) is 2.49. The van der Waals surface area contributed by atoms with Crippen LogP contribution >= 0.6 is 0 Å². The molecule has 1 heterocycles. The van der Waals surface area contributed by atoms with E-state index >= 15 is 0 Å². The van der Waals surface area contributed by atoms with Gasteiger partial charge in [-0.3, -0.25) is 4.98 Å². The first-order chi connectivity index (χ1) is 8.69. The van der Waals surface area contributed by atoms with Crippen molar-refractivity contribution in [2.45, 2.75) is 59.4 Å². The maximum atomic E-state index is 4.29. The molecule has 2 atom stereocenters. The standard InChI is InChI=1S/C16H28N2/c1-5-7-13(3)11-16(18-9-6-2)15-12-17-10-8-14(15)4/h8,10,12-13,16,18H,5-7,9,11H2,1-4H3. The lowest BCUT2D eigenvalue weighted by Crippen LogP contribution is -2.25. The van der Waals surface area contributed by atoms with Crippen LogP contribution < -0.4 is 5.32 Å². The van der Waals surface area contributed by atoms with Gasteiger partial charge in [-0.1, -0.05) is 33.6 Å². The highest BCUT2D eigenvalue weighted by molar-refractivity contribution is 5.25. The summed E-state index contributed by atoms with van der Waals surface area (Å²) in [6.07, 6.45) is 8.88. The molecule has 0 aliphatic rings. The van der Waals surface area contributed by atoms with Gasteiger partial charge in [0.1, 0.15) is 0 Å². The second-order valence-electron chi connectivity index (χ2n) is 5.37. The molecule has 0 aliphatic carbocycles. The number of rotatable bonds is 8. The van der Waals surface area contributed by atoms with E-state index in [0.717, 1.165) is 12.5 Å². The number of hydrogen-bond acceptors (Lipinski definition) is 2. The van der Waals surface area contributed by atoms with Gasteiger partial charge in [-0.25, -0.2) is 0 Å². The van der Waals surface area contributed by atoms with Gasteiger partial charge in [-0.05, 0) is 49.4 Å². The predicted molar refractivity (Wildman–Crippen MR) is 78.7 cm³/mol. The van der Waals surface area contributed by atoms with E-state index in [1.807, 2.05) is 12.4 Å². The Morgan fingerprint density at radius 2 is 2.06 bits per heavy atom. The Bertz CT molecular complexity index is 336. The Kier molecular flexibility index (Phi) is 6.96. The van der Waals surface area contributed by atoms with Crippen LogP contribution in [0.3, 0.4) is 0 Å². The highest BCUT2D eigenvalue weighted by Crippen LogP contribution is 2.25. The van der Waals surface area contributed by atoms with Crippen LogP contribution in [0.1, 0.15) is 63.6 Å². The van der Waals surface area contributed by atoms with Crippen molar-refractivity contribution in [3.8, 4) is 0 Å². The molecule has 2 nitrogen and oxygen atoms in total. The van der Waals surface area contributed by atoms with Crippen LogP contribution in [0.15, 0.2) is 18.5 Å². The van der Waals surface area contributed by atoms with E-state index in [-0.39, 0.29) is 0 Å². The number of nitrogens with zero attached hydrogens (tertiary/aromatic N) is 1. The van der Waals surface area contributed by atoms with Crippen molar-refractivity contribution in [3.63, 3.8) is 0 Å². The van der Waals surface area contributed by atoms with E-state index in [4.69, 9.17) is 0 Å². The smallest absolute Gasteiger partial charge is 0.0340 e. The van der Waals surface area contributed by atoms with Crippen LogP contribution in [0, 0.1) is 12.8 Å². The fraction of sp³-hybridized carbons (Fsp3) is 0.688. The Morgan fingerprint density at radius 1 is 1.28 bits per heavy atom. The second-order valence-corrected chi connectivity index (χ2v) is 5.37. The van der Waals surface area contributed by atoms with Crippen molar-refractivity contribution in [3.05, 3.63) is 29.6 Å². The minimum atomic E-state index is 0.459. The molecular weight excluding hydrogens is 220 g/mol. The highest BCUT2D eigenvalue weighted by Gasteiger charge is 2.16. The van der Waals surface area contributed by atoms with E-state index in [1.54, 1.807) is 0 Å². The molecule has 0 fully saturated rings. The summed E-state index contributed by atoms with van der Waals surface area (Å²) in [4.78, 5) is 4.29. The number of hydrogen-bond donors (Lipinski definition) is 1. The topological polar surface area (TPSA) is 24.9 Å². The summed E-state index contributed by atoms with van der Waals surface area (Å²) in [5.41, 5.74) is 2.72. The zero-order valence-corrected chi connectivity index (χ0v) is 12.4. The summed E-state index contributed by atoms with van der Waals surface area (Å²) in [6, 6.07) is 2.57. The first-order valence-electron chi connectivity index (χ1n) is 7.32. The summed E-state index contributed by atoms with van der Waals surface area (Å²) in [6.45, 7) is 10.1. The molecule has 0 saturated heterocycles. The van der Waals surface area contributed by atoms with E-state index in [1.165, 1.54) is 36.8 Å². The Morgan fingerprint density at radius 3 is 2.67 bits per heavy atom. The third-order valence-corrected chi connectivity index (χ3v) is 3.52. The van der Waals surface area contributed by atoms with Gasteiger partial charge in [0.15, 0.2) is 0 Å². The summed E-state index contributed by atoms with van der Waals surface area (Å²) in [7, 11) is 0. The summed E-state index contributed by atoms with van der Waals surface area (Å²) in [5, 5.41) is 3.68. The molecule has 1 rings (SSSR count).